The van der Waals surface area contributed by atoms with Crippen molar-refractivity contribution in [1.82, 2.24) is 0 Å². The molecule has 2 aromatic rings. The minimum absolute atomic E-state index is 0.186. The summed E-state index contributed by atoms with van der Waals surface area (Å²) in [5.74, 6) is -1.39. The average Bonchev–Trinajstić information content (AvgIpc) is 2.56. The number of benzene rings is 2. The second-order valence-electron chi connectivity index (χ2n) is 4.96. The fourth-order valence-corrected chi connectivity index (χ4v) is 2.98. The van der Waals surface area contributed by atoms with Gasteiger partial charge in [0.1, 0.15) is 0 Å². The molecule has 8 heteroatoms. The fraction of sp³-hybridized carbons (Fsp3) is 0.118. The van der Waals surface area contributed by atoms with Crippen LogP contribution in [-0.2, 0) is 19.6 Å². The van der Waals surface area contributed by atoms with E-state index in [1.165, 1.54) is 24.3 Å². The van der Waals surface area contributed by atoms with Gasteiger partial charge < -0.3 is 14.9 Å². The smallest absolute Gasteiger partial charge is 0.330 e. The molecule has 7 nitrogen and oxygen atoms in total. The van der Waals surface area contributed by atoms with Crippen molar-refractivity contribution in [3.05, 3.63) is 54.1 Å². The molecule has 2 rings (SSSR count). The van der Waals surface area contributed by atoms with Gasteiger partial charge in [-0.2, -0.15) is 0 Å². The van der Waals surface area contributed by atoms with Gasteiger partial charge in [0.2, 0.25) is 0 Å². The van der Waals surface area contributed by atoms with Gasteiger partial charge in [0.15, 0.2) is 11.5 Å². The number of rotatable bonds is 6. The summed E-state index contributed by atoms with van der Waals surface area (Å²) in [6.45, 7) is 2.00. The van der Waals surface area contributed by atoms with Crippen LogP contribution in [0.1, 0.15) is 12.5 Å². The van der Waals surface area contributed by atoms with Crippen LogP contribution in [0, 0.1) is 0 Å². The Morgan fingerprint density at radius 2 is 1.80 bits per heavy atom. The van der Waals surface area contributed by atoms with Gasteiger partial charge in [-0.1, -0.05) is 12.1 Å². The average molecular weight is 363 g/mol. The molecule has 0 atom stereocenters. The summed E-state index contributed by atoms with van der Waals surface area (Å²) in [6.07, 6.45) is 2.83. The molecule has 0 aliphatic rings. The Bertz CT molecular complexity index is 888. The fourth-order valence-electron chi connectivity index (χ4n) is 1.90. The van der Waals surface area contributed by atoms with Crippen molar-refractivity contribution < 1.29 is 28.2 Å². The van der Waals surface area contributed by atoms with Crippen LogP contribution in [0.25, 0.3) is 6.08 Å². The number of nitrogens with one attached hydrogen (secondary N) is 1. The highest BCUT2D eigenvalue weighted by atomic mass is 32.2. The maximum Gasteiger partial charge on any atom is 0.330 e. The molecule has 0 aliphatic carbocycles. The van der Waals surface area contributed by atoms with Gasteiger partial charge in [-0.25, -0.2) is 13.2 Å². The highest BCUT2D eigenvalue weighted by Crippen LogP contribution is 2.28. The molecule has 0 saturated carbocycles. The Kier molecular flexibility index (Phi) is 5.66. The van der Waals surface area contributed by atoms with Crippen LogP contribution in [0.5, 0.6) is 11.5 Å². The van der Waals surface area contributed by atoms with Crippen LogP contribution in [0.4, 0.5) is 5.69 Å². The van der Waals surface area contributed by atoms with E-state index in [-0.39, 0.29) is 11.5 Å². The molecule has 2 aromatic carbocycles. The Morgan fingerprint density at radius 3 is 2.40 bits per heavy atom. The topological polar surface area (TPSA) is 113 Å². The third kappa shape index (κ3) is 4.98. The lowest BCUT2D eigenvalue weighted by Crippen LogP contribution is -2.12. The highest BCUT2D eigenvalue weighted by Gasteiger charge is 2.16. The molecule has 0 heterocycles. The van der Waals surface area contributed by atoms with E-state index in [1.807, 2.05) is 0 Å². The third-order valence-corrected chi connectivity index (χ3v) is 4.50. The zero-order chi connectivity index (χ0) is 18.4. The minimum Gasteiger partial charge on any atom is -0.504 e. The van der Waals surface area contributed by atoms with Gasteiger partial charge in [-0.05, 0) is 42.8 Å². The maximum absolute atomic E-state index is 12.3. The van der Waals surface area contributed by atoms with Gasteiger partial charge in [0, 0.05) is 17.8 Å². The molecule has 132 valence electrons. The molecule has 0 radical (unpaired) electrons. The number of sulfonamides is 1. The van der Waals surface area contributed by atoms with E-state index in [0.717, 1.165) is 12.1 Å². The zero-order valence-electron chi connectivity index (χ0n) is 13.3. The third-order valence-electron chi connectivity index (χ3n) is 3.12. The lowest BCUT2D eigenvalue weighted by molar-refractivity contribution is -0.137. The molecule has 0 aromatic heterocycles. The van der Waals surface area contributed by atoms with Crippen molar-refractivity contribution in [2.45, 2.75) is 11.8 Å². The van der Waals surface area contributed by atoms with E-state index in [0.29, 0.717) is 11.3 Å². The number of aromatic hydroxyl groups is 2. The van der Waals surface area contributed by atoms with E-state index in [4.69, 9.17) is 4.74 Å². The molecule has 25 heavy (non-hydrogen) atoms. The summed E-state index contributed by atoms with van der Waals surface area (Å²) in [6, 6.07) is 9.53. The van der Waals surface area contributed by atoms with Gasteiger partial charge >= 0.3 is 5.97 Å². The van der Waals surface area contributed by atoms with Crippen LogP contribution in [0.2, 0.25) is 0 Å². The van der Waals surface area contributed by atoms with Crippen LogP contribution < -0.4 is 4.72 Å². The van der Waals surface area contributed by atoms with Gasteiger partial charge in [0.25, 0.3) is 10.0 Å². The monoisotopic (exact) mass is 363 g/mol. The number of ether oxygens (including phenoxy) is 1. The summed E-state index contributed by atoms with van der Waals surface area (Å²) in [7, 11) is -3.91. The molecule has 0 bridgehead atoms. The summed E-state index contributed by atoms with van der Waals surface area (Å²) < 4.78 is 31.6. The first-order chi connectivity index (χ1) is 11.8. The second-order valence-corrected chi connectivity index (χ2v) is 6.65. The van der Waals surface area contributed by atoms with Crippen LogP contribution >= 0.6 is 0 Å². The Morgan fingerprint density at radius 1 is 1.12 bits per heavy atom. The summed E-state index contributed by atoms with van der Waals surface area (Å²) in [4.78, 5) is 11.1. The van der Waals surface area contributed by atoms with Crippen LogP contribution in [0.15, 0.2) is 53.4 Å². The van der Waals surface area contributed by atoms with Crippen molar-refractivity contribution in [2.75, 3.05) is 11.3 Å². The Labute approximate surface area is 145 Å². The molecule has 3 N–H and O–H groups in total. The van der Waals surface area contributed by atoms with Crippen molar-refractivity contribution in [3.63, 3.8) is 0 Å². The van der Waals surface area contributed by atoms with E-state index in [2.05, 4.69) is 4.72 Å². The number of phenols is 2. The molecule has 0 fully saturated rings. The molecule has 0 spiro atoms. The number of carbonyl (C=O) groups excluding carboxylic acids is 1. The number of phenolic OH excluding ortho intramolecular Hbond substituents is 2. The Balaban J connectivity index is 2.12. The highest BCUT2D eigenvalue weighted by molar-refractivity contribution is 7.92. The first-order valence-electron chi connectivity index (χ1n) is 7.31. The summed E-state index contributed by atoms with van der Waals surface area (Å²) in [5.41, 5.74) is 0.999. The lowest BCUT2D eigenvalue weighted by Gasteiger charge is -2.09. The SMILES string of the molecule is CCOC(=O)/C=C/c1ccc(NS(=O)(=O)c2ccc(O)c(O)c2)cc1. The zero-order valence-corrected chi connectivity index (χ0v) is 14.2. The van der Waals surface area contributed by atoms with Gasteiger partial charge in [0.05, 0.1) is 11.5 Å². The minimum atomic E-state index is -3.91. The number of carbonyl (C=O) groups is 1. The largest absolute Gasteiger partial charge is 0.504 e. The number of hydrogen-bond donors (Lipinski definition) is 3. The van der Waals surface area contributed by atoms with Crippen LogP contribution in [-0.4, -0.2) is 31.2 Å². The first-order valence-corrected chi connectivity index (χ1v) is 8.80. The standard InChI is InChI=1S/C17H17NO6S/c1-2-24-17(21)10-5-12-3-6-13(7-4-12)18-25(22,23)14-8-9-15(19)16(20)11-14/h3-11,18-20H,2H2,1H3/b10-5+. The van der Waals surface area contributed by atoms with Crippen molar-refractivity contribution >= 4 is 27.8 Å². The molecule has 0 saturated heterocycles. The summed E-state index contributed by atoms with van der Waals surface area (Å²) >= 11 is 0. The molecule has 0 amide bonds. The molecular formula is C17H17NO6S. The van der Waals surface area contributed by atoms with Gasteiger partial charge in [-0.15, -0.1) is 0 Å². The number of hydrogen-bond acceptors (Lipinski definition) is 6. The van der Waals surface area contributed by atoms with Crippen molar-refractivity contribution in [1.29, 1.82) is 0 Å². The van der Waals surface area contributed by atoms with Gasteiger partial charge in [-0.3, -0.25) is 4.72 Å². The lowest BCUT2D eigenvalue weighted by atomic mass is 10.2. The van der Waals surface area contributed by atoms with Crippen molar-refractivity contribution in [3.8, 4) is 11.5 Å². The Hall–Kier alpha value is -3.00. The van der Waals surface area contributed by atoms with E-state index < -0.39 is 27.5 Å². The van der Waals surface area contributed by atoms with Crippen LogP contribution in [0.3, 0.4) is 0 Å². The van der Waals surface area contributed by atoms with E-state index >= 15 is 0 Å². The predicted octanol–water partition coefficient (Wildman–Crippen LogP) is 2.47. The number of anilines is 1. The maximum atomic E-state index is 12.3. The predicted molar refractivity (Wildman–Crippen MR) is 92.7 cm³/mol. The molecule has 0 unspecified atom stereocenters. The molecular weight excluding hydrogens is 346 g/mol. The first kappa shape index (κ1) is 18.3. The van der Waals surface area contributed by atoms with Crippen molar-refractivity contribution in [2.24, 2.45) is 0 Å². The summed E-state index contributed by atoms with van der Waals surface area (Å²) in [5, 5.41) is 18.7. The normalized spacial score (nSPS) is 11.4. The quantitative estimate of drug-likeness (QED) is 0.413. The number of esters is 1. The van der Waals surface area contributed by atoms with E-state index in [9.17, 15) is 23.4 Å². The second kappa shape index (κ2) is 7.71. The molecule has 0 aliphatic heterocycles. The van der Waals surface area contributed by atoms with E-state index in [1.54, 1.807) is 25.1 Å².